The second-order valence-corrected chi connectivity index (χ2v) is 8.26. The molecule has 0 aliphatic heterocycles. The first-order chi connectivity index (χ1) is 9.49. The van der Waals surface area contributed by atoms with Crippen molar-refractivity contribution < 1.29 is 13.2 Å². The van der Waals surface area contributed by atoms with E-state index in [4.69, 9.17) is 4.74 Å². The standard InChI is InChI=1S/C13H17Br2NO3S/c14-10-5-6-13(12(15)9-10)20(17,18)16-7-8-19-11-3-1-2-4-11/h5-6,9,11,16H,1-4,7-8H2. The SMILES string of the molecule is O=S(=O)(NCCOC1CCCC1)c1ccc(Br)cc1Br. The summed E-state index contributed by atoms with van der Waals surface area (Å²) in [5.74, 6) is 0. The molecule has 4 nitrogen and oxygen atoms in total. The third kappa shape index (κ3) is 4.53. The lowest BCUT2D eigenvalue weighted by atomic mass is 10.3. The molecule has 7 heteroatoms. The van der Waals surface area contributed by atoms with E-state index in [9.17, 15) is 8.42 Å². The van der Waals surface area contributed by atoms with Crippen molar-refractivity contribution in [3.8, 4) is 0 Å². The number of hydrogen-bond acceptors (Lipinski definition) is 3. The smallest absolute Gasteiger partial charge is 0.241 e. The van der Waals surface area contributed by atoms with Crippen LogP contribution in [-0.2, 0) is 14.8 Å². The van der Waals surface area contributed by atoms with Crippen LogP contribution in [0.15, 0.2) is 32.0 Å². The molecule has 0 unspecified atom stereocenters. The molecule has 0 aromatic heterocycles. The van der Waals surface area contributed by atoms with E-state index < -0.39 is 10.0 Å². The molecule has 1 N–H and O–H groups in total. The zero-order valence-corrected chi connectivity index (χ0v) is 14.9. The van der Waals surface area contributed by atoms with E-state index in [2.05, 4.69) is 36.6 Å². The van der Waals surface area contributed by atoms with Crippen molar-refractivity contribution in [1.29, 1.82) is 0 Å². The van der Waals surface area contributed by atoms with Crippen LogP contribution in [0.4, 0.5) is 0 Å². The number of ether oxygens (including phenoxy) is 1. The highest BCUT2D eigenvalue weighted by molar-refractivity contribution is 9.11. The van der Waals surface area contributed by atoms with Crippen LogP contribution in [0.3, 0.4) is 0 Å². The van der Waals surface area contributed by atoms with Gasteiger partial charge in [-0.3, -0.25) is 0 Å². The van der Waals surface area contributed by atoms with Gasteiger partial charge >= 0.3 is 0 Å². The number of sulfonamides is 1. The van der Waals surface area contributed by atoms with E-state index in [0.29, 0.717) is 23.7 Å². The van der Waals surface area contributed by atoms with Gasteiger partial charge in [0.25, 0.3) is 0 Å². The predicted octanol–water partition coefficient (Wildman–Crippen LogP) is 3.45. The zero-order chi connectivity index (χ0) is 14.6. The van der Waals surface area contributed by atoms with E-state index >= 15 is 0 Å². The average molecular weight is 427 g/mol. The first kappa shape index (κ1) is 16.4. The monoisotopic (exact) mass is 425 g/mol. The molecule has 0 saturated heterocycles. The minimum absolute atomic E-state index is 0.238. The second kappa shape index (κ2) is 7.35. The quantitative estimate of drug-likeness (QED) is 0.708. The van der Waals surface area contributed by atoms with Crippen LogP contribution in [0.2, 0.25) is 0 Å². The molecule has 1 aromatic rings. The van der Waals surface area contributed by atoms with E-state index in [1.165, 1.54) is 12.8 Å². The van der Waals surface area contributed by atoms with Crippen molar-refractivity contribution in [2.45, 2.75) is 36.7 Å². The Morgan fingerprint density at radius 2 is 1.95 bits per heavy atom. The van der Waals surface area contributed by atoms with Gasteiger partial charge in [0.05, 0.1) is 17.6 Å². The minimum Gasteiger partial charge on any atom is -0.377 e. The summed E-state index contributed by atoms with van der Waals surface area (Å²) in [6.07, 6.45) is 4.90. The van der Waals surface area contributed by atoms with E-state index in [-0.39, 0.29) is 4.90 Å². The summed E-state index contributed by atoms with van der Waals surface area (Å²) < 4.78 is 33.9. The fourth-order valence-electron chi connectivity index (χ4n) is 2.23. The van der Waals surface area contributed by atoms with Gasteiger partial charge in [0.15, 0.2) is 0 Å². The highest BCUT2D eigenvalue weighted by Gasteiger charge is 2.18. The van der Waals surface area contributed by atoms with Crippen molar-refractivity contribution in [3.63, 3.8) is 0 Å². The summed E-state index contributed by atoms with van der Waals surface area (Å²) in [4.78, 5) is 0.238. The Balaban J connectivity index is 1.87. The van der Waals surface area contributed by atoms with Gasteiger partial charge in [-0.05, 0) is 47.0 Å². The fraction of sp³-hybridized carbons (Fsp3) is 0.538. The summed E-state index contributed by atoms with van der Waals surface area (Å²) in [6, 6.07) is 4.98. The van der Waals surface area contributed by atoms with E-state index in [1.54, 1.807) is 18.2 Å². The number of rotatable bonds is 6. The van der Waals surface area contributed by atoms with Gasteiger partial charge in [-0.2, -0.15) is 0 Å². The molecule has 1 fully saturated rings. The second-order valence-electron chi connectivity index (χ2n) is 4.75. The zero-order valence-electron chi connectivity index (χ0n) is 10.9. The molecular weight excluding hydrogens is 410 g/mol. The molecule has 0 atom stereocenters. The molecule has 112 valence electrons. The lowest BCUT2D eigenvalue weighted by Crippen LogP contribution is -2.28. The lowest BCUT2D eigenvalue weighted by molar-refractivity contribution is 0.0626. The maximum absolute atomic E-state index is 12.1. The number of hydrogen-bond donors (Lipinski definition) is 1. The molecule has 20 heavy (non-hydrogen) atoms. The molecule has 2 rings (SSSR count). The van der Waals surface area contributed by atoms with Crippen LogP contribution in [0.5, 0.6) is 0 Å². The summed E-state index contributed by atoms with van der Waals surface area (Å²) in [5.41, 5.74) is 0. The fourth-order valence-corrected chi connectivity index (χ4v) is 4.98. The number of benzene rings is 1. The lowest BCUT2D eigenvalue weighted by Gasteiger charge is -2.12. The maximum atomic E-state index is 12.1. The van der Waals surface area contributed by atoms with Gasteiger partial charge in [-0.25, -0.2) is 13.1 Å². The van der Waals surface area contributed by atoms with Crippen molar-refractivity contribution in [2.24, 2.45) is 0 Å². The molecule has 0 radical (unpaired) electrons. The summed E-state index contributed by atoms with van der Waals surface area (Å²) in [5, 5.41) is 0. The Bertz CT molecular complexity index is 557. The molecule has 0 heterocycles. The molecule has 1 aliphatic carbocycles. The molecule has 0 bridgehead atoms. The minimum atomic E-state index is -3.50. The highest BCUT2D eigenvalue weighted by atomic mass is 79.9. The molecule has 0 amide bonds. The molecule has 1 saturated carbocycles. The van der Waals surface area contributed by atoms with Crippen LogP contribution >= 0.6 is 31.9 Å². The normalized spacial score (nSPS) is 16.7. The third-order valence-corrected chi connectivity index (χ3v) is 6.16. The van der Waals surface area contributed by atoms with Crippen molar-refractivity contribution in [1.82, 2.24) is 4.72 Å². The first-order valence-corrected chi connectivity index (χ1v) is 9.62. The number of nitrogens with one attached hydrogen (secondary N) is 1. The predicted molar refractivity (Wildman–Crippen MR) is 85.2 cm³/mol. The molecule has 1 aromatic carbocycles. The van der Waals surface area contributed by atoms with Gasteiger partial charge in [0.1, 0.15) is 0 Å². The van der Waals surface area contributed by atoms with Crippen LogP contribution in [0, 0.1) is 0 Å². The summed E-state index contributed by atoms with van der Waals surface area (Å²) in [6.45, 7) is 0.708. The van der Waals surface area contributed by atoms with Gasteiger partial charge in [0, 0.05) is 15.5 Å². The van der Waals surface area contributed by atoms with Gasteiger partial charge in [0.2, 0.25) is 10.0 Å². The molecule has 0 spiro atoms. The Morgan fingerprint density at radius 3 is 2.60 bits per heavy atom. The van der Waals surface area contributed by atoms with Crippen molar-refractivity contribution in [3.05, 3.63) is 27.1 Å². The summed E-state index contributed by atoms with van der Waals surface area (Å²) in [7, 11) is -3.50. The van der Waals surface area contributed by atoms with E-state index in [0.717, 1.165) is 17.3 Å². The van der Waals surface area contributed by atoms with Crippen LogP contribution < -0.4 is 4.72 Å². The third-order valence-electron chi connectivity index (χ3n) is 3.23. The maximum Gasteiger partial charge on any atom is 0.241 e. The van der Waals surface area contributed by atoms with Crippen molar-refractivity contribution >= 4 is 41.9 Å². The van der Waals surface area contributed by atoms with Gasteiger partial charge in [-0.15, -0.1) is 0 Å². The van der Waals surface area contributed by atoms with Crippen LogP contribution in [-0.4, -0.2) is 27.7 Å². The largest absolute Gasteiger partial charge is 0.377 e. The Hall–Kier alpha value is 0.0500. The van der Waals surface area contributed by atoms with Gasteiger partial charge in [-0.1, -0.05) is 28.8 Å². The topological polar surface area (TPSA) is 55.4 Å². The number of halogens is 2. The van der Waals surface area contributed by atoms with Crippen molar-refractivity contribution in [2.75, 3.05) is 13.2 Å². The van der Waals surface area contributed by atoms with Crippen LogP contribution in [0.1, 0.15) is 25.7 Å². The first-order valence-electron chi connectivity index (χ1n) is 6.55. The molecule has 1 aliphatic rings. The van der Waals surface area contributed by atoms with E-state index in [1.807, 2.05) is 0 Å². The highest BCUT2D eigenvalue weighted by Crippen LogP contribution is 2.25. The Labute approximate surface area is 136 Å². The average Bonchev–Trinajstić information content (AvgIpc) is 2.87. The molecular formula is C13H17Br2NO3S. The van der Waals surface area contributed by atoms with Gasteiger partial charge < -0.3 is 4.74 Å². The Morgan fingerprint density at radius 1 is 1.25 bits per heavy atom. The Kier molecular flexibility index (Phi) is 6.04. The summed E-state index contributed by atoms with van der Waals surface area (Å²) >= 11 is 6.56. The van der Waals surface area contributed by atoms with Crippen LogP contribution in [0.25, 0.3) is 0 Å².